The van der Waals surface area contributed by atoms with Gasteiger partial charge in [-0.2, -0.15) is 0 Å². The molecule has 1 aromatic heterocycles. The molecule has 5 rings (SSSR count). The third-order valence-corrected chi connectivity index (χ3v) is 5.88. The molecule has 6 heteroatoms. The van der Waals surface area contributed by atoms with Crippen molar-refractivity contribution in [2.24, 2.45) is 0 Å². The first-order valence-corrected chi connectivity index (χ1v) is 10.9. The van der Waals surface area contributed by atoms with Crippen LogP contribution in [0.15, 0.2) is 66.7 Å². The molecule has 0 fully saturated rings. The zero-order chi connectivity index (χ0) is 22.1. The van der Waals surface area contributed by atoms with E-state index in [1.54, 1.807) is 0 Å². The molecule has 2 heterocycles. The summed E-state index contributed by atoms with van der Waals surface area (Å²) in [7, 11) is 0. The van der Waals surface area contributed by atoms with Crippen LogP contribution in [0, 0.1) is 13.8 Å². The van der Waals surface area contributed by atoms with Gasteiger partial charge in [0.15, 0.2) is 6.61 Å². The van der Waals surface area contributed by atoms with Gasteiger partial charge in [-0.25, -0.2) is 4.98 Å². The SMILES string of the molecule is Cc1cccc(OCC(=O)Nc2cc(N3CCn4c(nc5ccccc54)C3)ccc2C)c1. The minimum atomic E-state index is -0.174. The molecular formula is C26H26N4O2. The summed E-state index contributed by atoms with van der Waals surface area (Å²) in [6, 6.07) is 22.1. The molecule has 1 amide bonds. The average molecular weight is 427 g/mol. The number of carbonyl (C=O) groups excluding carboxylic acids is 1. The van der Waals surface area contributed by atoms with E-state index < -0.39 is 0 Å². The number of benzene rings is 3. The number of rotatable bonds is 5. The number of nitrogens with zero attached hydrogens (tertiary/aromatic N) is 3. The monoisotopic (exact) mass is 426 g/mol. The Kier molecular flexibility index (Phi) is 5.27. The molecule has 0 bridgehead atoms. The maximum atomic E-state index is 12.5. The summed E-state index contributed by atoms with van der Waals surface area (Å²) in [6.45, 7) is 6.48. The van der Waals surface area contributed by atoms with Crippen molar-refractivity contribution >= 4 is 28.3 Å². The minimum Gasteiger partial charge on any atom is -0.484 e. The maximum Gasteiger partial charge on any atom is 0.262 e. The van der Waals surface area contributed by atoms with Crippen LogP contribution in [0.3, 0.4) is 0 Å². The van der Waals surface area contributed by atoms with Crippen molar-refractivity contribution in [3.63, 3.8) is 0 Å². The van der Waals surface area contributed by atoms with Gasteiger partial charge >= 0.3 is 0 Å². The molecule has 1 aliphatic rings. The zero-order valence-electron chi connectivity index (χ0n) is 18.3. The zero-order valence-corrected chi connectivity index (χ0v) is 18.3. The van der Waals surface area contributed by atoms with Gasteiger partial charge in [0.1, 0.15) is 11.6 Å². The van der Waals surface area contributed by atoms with Crippen LogP contribution in [0.4, 0.5) is 11.4 Å². The second-order valence-electron chi connectivity index (χ2n) is 8.24. The van der Waals surface area contributed by atoms with Gasteiger partial charge in [0.2, 0.25) is 0 Å². The Balaban J connectivity index is 1.29. The highest BCUT2D eigenvalue weighted by atomic mass is 16.5. The molecule has 0 saturated heterocycles. The van der Waals surface area contributed by atoms with E-state index in [2.05, 4.69) is 39.0 Å². The minimum absolute atomic E-state index is 0.0269. The van der Waals surface area contributed by atoms with Gasteiger partial charge in [0.25, 0.3) is 5.91 Å². The molecule has 3 aromatic carbocycles. The Bertz CT molecular complexity index is 1290. The normalized spacial score (nSPS) is 13.1. The lowest BCUT2D eigenvalue weighted by molar-refractivity contribution is -0.118. The highest BCUT2D eigenvalue weighted by Crippen LogP contribution is 2.28. The summed E-state index contributed by atoms with van der Waals surface area (Å²) >= 11 is 0. The van der Waals surface area contributed by atoms with Gasteiger partial charge in [-0.05, 0) is 61.4 Å². The second kappa shape index (κ2) is 8.38. The summed E-state index contributed by atoms with van der Waals surface area (Å²) in [6.07, 6.45) is 0. The number of amides is 1. The smallest absolute Gasteiger partial charge is 0.262 e. The fraction of sp³-hybridized carbons (Fsp3) is 0.231. The van der Waals surface area contributed by atoms with Crippen LogP contribution in [0.2, 0.25) is 0 Å². The second-order valence-corrected chi connectivity index (χ2v) is 8.24. The number of para-hydroxylation sites is 2. The number of aryl methyl sites for hydroxylation is 2. The Morgan fingerprint density at radius 3 is 2.78 bits per heavy atom. The van der Waals surface area contributed by atoms with Crippen LogP contribution in [0.25, 0.3) is 11.0 Å². The Labute approximate surface area is 187 Å². The van der Waals surface area contributed by atoms with Gasteiger partial charge in [-0.3, -0.25) is 4.79 Å². The summed E-state index contributed by atoms with van der Waals surface area (Å²) < 4.78 is 7.94. The molecule has 1 aliphatic heterocycles. The molecular weight excluding hydrogens is 400 g/mol. The standard InChI is InChI=1S/C26H26N4O2/c1-18-6-5-7-21(14-18)32-17-26(31)28-23-15-20(11-10-19(23)2)29-12-13-30-24-9-4-3-8-22(24)27-25(30)16-29/h3-11,14-15H,12-13,16-17H2,1-2H3,(H,28,31). The quantitative estimate of drug-likeness (QED) is 0.503. The van der Waals surface area contributed by atoms with E-state index in [1.165, 1.54) is 5.52 Å². The molecule has 32 heavy (non-hydrogen) atoms. The largest absolute Gasteiger partial charge is 0.484 e. The molecule has 1 N–H and O–H groups in total. The van der Waals surface area contributed by atoms with Crippen molar-refractivity contribution < 1.29 is 9.53 Å². The molecule has 0 aliphatic carbocycles. The lowest BCUT2D eigenvalue weighted by Crippen LogP contribution is -2.33. The van der Waals surface area contributed by atoms with Crippen LogP contribution in [0.5, 0.6) is 5.75 Å². The van der Waals surface area contributed by atoms with Gasteiger partial charge in [0, 0.05) is 24.5 Å². The van der Waals surface area contributed by atoms with E-state index in [9.17, 15) is 4.79 Å². The molecule has 0 atom stereocenters. The number of anilines is 2. The van der Waals surface area contributed by atoms with Crippen LogP contribution in [-0.2, 0) is 17.9 Å². The number of nitrogens with one attached hydrogen (secondary N) is 1. The van der Waals surface area contributed by atoms with Crippen molar-refractivity contribution in [1.82, 2.24) is 9.55 Å². The Morgan fingerprint density at radius 2 is 1.91 bits per heavy atom. The van der Waals surface area contributed by atoms with Crippen molar-refractivity contribution in [3.8, 4) is 5.75 Å². The van der Waals surface area contributed by atoms with Crippen molar-refractivity contribution in [1.29, 1.82) is 0 Å². The number of ether oxygens (including phenoxy) is 1. The predicted octanol–water partition coefficient (Wildman–Crippen LogP) is 4.69. The number of carbonyl (C=O) groups is 1. The van der Waals surface area contributed by atoms with E-state index in [1.807, 2.05) is 56.3 Å². The fourth-order valence-electron chi connectivity index (χ4n) is 4.17. The number of hydrogen-bond acceptors (Lipinski definition) is 4. The lowest BCUT2D eigenvalue weighted by atomic mass is 10.1. The van der Waals surface area contributed by atoms with E-state index in [0.29, 0.717) is 5.75 Å². The van der Waals surface area contributed by atoms with E-state index >= 15 is 0 Å². The van der Waals surface area contributed by atoms with E-state index in [0.717, 1.165) is 53.5 Å². The molecule has 0 radical (unpaired) electrons. The average Bonchev–Trinajstić information content (AvgIpc) is 3.17. The van der Waals surface area contributed by atoms with E-state index in [-0.39, 0.29) is 12.5 Å². The van der Waals surface area contributed by atoms with Crippen LogP contribution < -0.4 is 15.0 Å². The number of hydrogen-bond donors (Lipinski definition) is 1. The Morgan fingerprint density at radius 1 is 1.03 bits per heavy atom. The van der Waals surface area contributed by atoms with Gasteiger partial charge < -0.3 is 19.5 Å². The van der Waals surface area contributed by atoms with Gasteiger partial charge in [0.05, 0.1) is 17.6 Å². The van der Waals surface area contributed by atoms with Crippen molar-refractivity contribution in [2.75, 3.05) is 23.4 Å². The topological polar surface area (TPSA) is 59.4 Å². The highest BCUT2D eigenvalue weighted by molar-refractivity contribution is 5.93. The molecule has 4 aromatic rings. The number of fused-ring (bicyclic) bond motifs is 3. The van der Waals surface area contributed by atoms with Crippen molar-refractivity contribution in [3.05, 3.63) is 83.7 Å². The molecule has 162 valence electrons. The Hall–Kier alpha value is -3.80. The third-order valence-electron chi connectivity index (χ3n) is 5.88. The van der Waals surface area contributed by atoms with Crippen LogP contribution >= 0.6 is 0 Å². The summed E-state index contributed by atoms with van der Waals surface area (Å²) in [5.41, 5.74) is 6.22. The fourth-order valence-corrected chi connectivity index (χ4v) is 4.17. The molecule has 0 spiro atoms. The van der Waals surface area contributed by atoms with Crippen LogP contribution in [-0.4, -0.2) is 28.6 Å². The van der Waals surface area contributed by atoms with Crippen molar-refractivity contribution in [2.45, 2.75) is 26.9 Å². The predicted molar refractivity (Wildman–Crippen MR) is 127 cm³/mol. The molecule has 0 unspecified atom stereocenters. The number of imidazole rings is 1. The van der Waals surface area contributed by atoms with Crippen LogP contribution in [0.1, 0.15) is 17.0 Å². The van der Waals surface area contributed by atoms with E-state index in [4.69, 9.17) is 9.72 Å². The van der Waals surface area contributed by atoms with Gasteiger partial charge in [-0.1, -0.05) is 30.3 Å². The first-order chi connectivity index (χ1) is 15.6. The maximum absolute atomic E-state index is 12.5. The first-order valence-electron chi connectivity index (χ1n) is 10.9. The summed E-state index contributed by atoms with van der Waals surface area (Å²) in [4.78, 5) is 19.6. The first kappa shape index (κ1) is 20.1. The third kappa shape index (κ3) is 4.04. The number of aromatic nitrogens is 2. The highest BCUT2D eigenvalue weighted by Gasteiger charge is 2.21. The lowest BCUT2D eigenvalue weighted by Gasteiger charge is -2.30. The van der Waals surface area contributed by atoms with Gasteiger partial charge in [-0.15, -0.1) is 0 Å². The molecule has 6 nitrogen and oxygen atoms in total. The summed E-state index contributed by atoms with van der Waals surface area (Å²) in [5.74, 6) is 1.59. The summed E-state index contributed by atoms with van der Waals surface area (Å²) in [5, 5.41) is 3.00. The molecule has 0 saturated carbocycles.